The van der Waals surface area contributed by atoms with Crippen molar-refractivity contribution in [2.75, 3.05) is 11.9 Å². The topological polar surface area (TPSA) is 78.4 Å². The Morgan fingerprint density at radius 3 is 2.07 bits per heavy atom. The first kappa shape index (κ1) is 21.0. The van der Waals surface area contributed by atoms with Gasteiger partial charge in [0.15, 0.2) is 0 Å². The third-order valence-corrected chi connectivity index (χ3v) is 6.06. The van der Waals surface area contributed by atoms with Gasteiger partial charge in [-0.3, -0.25) is 9.59 Å². The summed E-state index contributed by atoms with van der Waals surface area (Å²) in [5, 5.41) is 19.2. The standard InChI is InChI=1S/C19H15F3N2O3S2/c20-19(21,22)12-4-1-5-13(10-12)24-17(26)16(25)23-11-18(27,14-6-2-8-28-14)15-7-3-9-29-15/h1-10,27H,11H2,(H,23,25)(H,24,26). The smallest absolute Gasteiger partial charge is 0.377 e. The number of halogens is 3. The van der Waals surface area contributed by atoms with Gasteiger partial charge in [-0.2, -0.15) is 13.2 Å². The highest BCUT2D eigenvalue weighted by atomic mass is 32.1. The van der Waals surface area contributed by atoms with E-state index in [1.54, 1.807) is 35.0 Å². The highest BCUT2D eigenvalue weighted by Gasteiger charge is 2.35. The lowest BCUT2D eigenvalue weighted by Crippen LogP contribution is -2.44. The number of benzene rings is 1. The number of hydrogen-bond donors (Lipinski definition) is 3. The molecule has 3 N–H and O–H groups in total. The van der Waals surface area contributed by atoms with Crippen LogP contribution in [0.5, 0.6) is 0 Å². The Labute approximate surface area is 171 Å². The van der Waals surface area contributed by atoms with E-state index >= 15 is 0 Å². The molecule has 0 unspecified atom stereocenters. The minimum absolute atomic E-state index is 0.160. The summed E-state index contributed by atoms with van der Waals surface area (Å²) in [6.07, 6.45) is -4.57. The van der Waals surface area contributed by atoms with E-state index in [0.717, 1.165) is 18.2 Å². The molecule has 2 amide bonds. The zero-order valence-corrected chi connectivity index (χ0v) is 16.3. The van der Waals surface area contributed by atoms with Gasteiger partial charge in [0.1, 0.15) is 5.60 Å². The highest BCUT2D eigenvalue weighted by molar-refractivity contribution is 7.11. The summed E-state index contributed by atoms with van der Waals surface area (Å²) in [4.78, 5) is 25.4. The van der Waals surface area contributed by atoms with E-state index in [1.165, 1.54) is 28.7 Å². The molecule has 0 saturated carbocycles. The summed E-state index contributed by atoms with van der Waals surface area (Å²) >= 11 is 2.59. The van der Waals surface area contributed by atoms with E-state index in [4.69, 9.17) is 0 Å². The number of anilines is 1. The van der Waals surface area contributed by atoms with Gasteiger partial charge in [0.2, 0.25) is 0 Å². The van der Waals surface area contributed by atoms with Gasteiger partial charge in [-0.1, -0.05) is 18.2 Å². The fraction of sp³-hybridized carbons (Fsp3) is 0.158. The van der Waals surface area contributed by atoms with Gasteiger partial charge >= 0.3 is 18.0 Å². The Hall–Kier alpha value is -2.69. The Kier molecular flexibility index (Phi) is 6.06. The van der Waals surface area contributed by atoms with E-state index in [2.05, 4.69) is 10.6 Å². The first-order chi connectivity index (χ1) is 13.7. The second-order valence-corrected chi connectivity index (χ2v) is 7.93. The van der Waals surface area contributed by atoms with E-state index in [-0.39, 0.29) is 12.2 Å². The fourth-order valence-electron chi connectivity index (χ4n) is 2.57. The van der Waals surface area contributed by atoms with Crippen LogP contribution in [0.4, 0.5) is 18.9 Å². The molecule has 3 rings (SSSR count). The maximum atomic E-state index is 12.8. The lowest BCUT2D eigenvalue weighted by Gasteiger charge is -2.26. The summed E-state index contributed by atoms with van der Waals surface area (Å²) in [6.45, 7) is -0.275. The first-order valence-electron chi connectivity index (χ1n) is 8.27. The van der Waals surface area contributed by atoms with Gasteiger partial charge in [0, 0.05) is 15.4 Å². The number of carbonyl (C=O) groups is 2. The van der Waals surface area contributed by atoms with Crippen LogP contribution in [0.3, 0.4) is 0 Å². The van der Waals surface area contributed by atoms with E-state index in [9.17, 15) is 27.9 Å². The van der Waals surface area contributed by atoms with Crippen LogP contribution in [0.1, 0.15) is 15.3 Å². The molecule has 0 spiro atoms. The van der Waals surface area contributed by atoms with Crippen molar-refractivity contribution in [2.45, 2.75) is 11.8 Å². The monoisotopic (exact) mass is 440 g/mol. The van der Waals surface area contributed by atoms with Gasteiger partial charge in [-0.25, -0.2) is 0 Å². The number of rotatable bonds is 5. The summed E-state index contributed by atoms with van der Waals surface area (Å²) in [7, 11) is 0. The average molecular weight is 440 g/mol. The van der Waals surface area contributed by atoms with Crippen LogP contribution < -0.4 is 10.6 Å². The summed E-state index contributed by atoms with van der Waals surface area (Å²) in [5.41, 5.74) is -2.62. The van der Waals surface area contributed by atoms with Gasteiger partial charge in [0.25, 0.3) is 0 Å². The molecular formula is C19H15F3N2O3S2. The quantitative estimate of drug-likeness (QED) is 0.528. The predicted molar refractivity (Wildman–Crippen MR) is 105 cm³/mol. The van der Waals surface area contributed by atoms with Crippen LogP contribution in [0.2, 0.25) is 0 Å². The Morgan fingerprint density at radius 1 is 0.931 bits per heavy atom. The van der Waals surface area contributed by atoms with Crippen molar-refractivity contribution in [3.63, 3.8) is 0 Å². The first-order valence-corrected chi connectivity index (χ1v) is 10.0. The third-order valence-electron chi connectivity index (χ3n) is 4.02. The molecule has 2 aromatic heterocycles. The number of thiophene rings is 2. The lowest BCUT2D eigenvalue weighted by molar-refractivity contribution is -0.137. The lowest BCUT2D eigenvalue weighted by atomic mass is 10.00. The molecule has 5 nitrogen and oxygen atoms in total. The largest absolute Gasteiger partial charge is 0.416 e. The average Bonchev–Trinajstić information content (AvgIpc) is 3.39. The normalized spacial score (nSPS) is 11.9. The molecule has 0 aliphatic rings. The van der Waals surface area contributed by atoms with Crippen LogP contribution in [-0.2, 0) is 21.4 Å². The SMILES string of the molecule is O=C(NCC(O)(c1cccs1)c1cccs1)C(=O)Nc1cccc(C(F)(F)F)c1. The molecule has 0 bridgehead atoms. The molecule has 10 heteroatoms. The fourth-order valence-corrected chi connectivity index (χ4v) is 4.31. The van der Waals surface area contributed by atoms with Crippen molar-refractivity contribution in [1.82, 2.24) is 5.32 Å². The molecule has 152 valence electrons. The molecule has 0 aliphatic heterocycles. The molecule has 0 atom stereocenters. The van der Waals surface area contributed by atoms with Crippen LogP contribution in [0.25, 0.3) is 0 Å². The third kappa shape index (κ3) is 4.84. The molecule has 0 fully saturated rings. The molecular weight excluding hydrogens is 425 g/mol. The van der Waals surface area contributed by atoms with Crippen LogP contribution in [0.15, 0.2) is 59.3 Å². The van der Waals surface area contributed by atoms with Gasteiger partial charge in [-0.15, -0.1) is 22.7 Å². The number of amides is 2. The number of aliphatic hydroxyl groups is 1. The Morgan fingerprint density at radius 2 is 1.55 bits per heavy atom. The Balaban J connectivity index is 1.69. The van der Waals surface area contributed by atoms with Crippen molar-refractivity contribution in [3.8, 4) is 0 Å². The molecule has 3 aromatic rings. The van der Waals surface area contributed by atoms with Gasteiger partial charge in [0.05, 0.1) is 12.1 Å². The van der Waals surface area contributed by atoms with Crippen molar-refractivity contribution >= 4 is 40.2 Å². The number of carbonyl (C=O) groups excluding carboxylic acids is 2. The maximum absolute atomic E-state index is 12.8. The highest BCUT2D eigenvalue weighted by Crippen LogP contribution is 2.35. The molecule has 2 heterocycles. The zero-order valence-electron chi connectivity index (χ0n) is 14.7. The molecule has 29 heavy (non-hydrogen) atoms. The molecule has 1 aromatic carbocycles. The Bertz CT molecular complexity index is 952. The van der Waals surface area contributed by atoms with Crippen molar-refractivity contribution in [3.05, 3.63) is 74.6 Å². The summed E-state index contributed by atoms with van der Waals surface area (Å²) < 4.78 is 38.3. The molecule has 0 saturated heterocycles. The van der Waals surface area contributed by atoms with E-state index in [0.29, 0.717) is 9.75 Å². The predicted octanol–water partition coefficient (Wildman–Crippen LogP) is 3.82. The summed E-state index contributed by atoms with van der Waals surface area (Å²) in [5.74, 6) is -2.21. The summed E-state index contributed by atoms with van der Waals surface area (Å²) in [6, 6.07) is 10.9. The van der Waals surface area contributed by atoms with Gasteiger partial charge < -0.3 is 15.7 Å². The minimum Gasteiger partial charge on any atom is -0.377 e. The maximum Gasteiger partial charge on any atom is 0.416 e. The second kappa shape index (κ2) is 8.36. The number of alkyl halides is 3. The van der Waals surface area contributed by atoms with Crippen LogP contribution in [0, 0.1) is 0 Å². The number of hydrogen-bond acceptors (Lipinski definition) is 5. The molecule has 0 aliphatic carbocycles. The van der Waals surface area contributed by atoms with Crippen molar-refractivity contribution < 1.29 is 27.9 Å². The second-order valence-electron chi connectivity index (χ2n) is 6.03. The molecule has 0 radical (unpaired) electrons. The van der Waals surface area contributed by atoms with E-state index in [1.807, 2.05) is 0 Å². The van der Waals surface area contributed by atoms with E-state index < -0.39 is 29.2 Å². The van der Waals surface area contributed by atoms with Crippen LogP contribution in [-0.4, -0.2) is 23.5 Å². The van der Waals surface area contributed by atoms with Crippen molar-refractivity contribution in [2.24, 2.45) is 0 Å². The number of nitrogens with one attached hydrogen (secondary N) is 2. The minimum atomic E-state index is -4.57. The van der Waals surface area contributed by atoms with Crippen molar-refractivity contribution in [1.29, 1.82) is 0 Å². The zero-order chi connectivity index (χ0) is 21.1. The van der Waals surface area contributed by atoms with Crippen LogP contribution >= 0.6 is 22.7 Å². The van der Waals surface area contributed by atoms with Gasteiger partial charge in [-0.05, 0) is 41.1 Å².